The number of hydrogen-bond donors (Lipinski definition) is 1. The first-order chi connectivity index (χ1) is 7.81. The molecule has 0 amide bonds. The second-order valence-corrected chi connectivity index (χ2v) is 5.73. The van der Waals surface area contributed by atoms with Crippen LogP contribution in [0.15, 0.2) is 10.7 Å². The molecule has 0 saturated heterocycles. The topological polar surface area (TPSA) is 60.9 Å². The first-order valence-electron chi connectivity index (χ1n) is 5.88. The lowest BCUT2D eigenvalue weighted by atomic mass is 9.90. The zero-order valence-electron chi connectivity index (χ0n) is 10.8. The van der Waals surface area contributed by atoms with Crippen LogP contribution in [0.25, 0.3) is 0 Å². The quantitative estimate of drug-likeness (QED) is 0.851. The maximum Gasteiger partial charge on any atom is 0.201 e. The van der Waals surface area contributed by atoms with Gasteiger partial charge in [-0.1, -0.05) is 13.3 Å². The number of halogens is 1. The van der Waals surface area contributed by atoms with E-state index < -0.39 is 5.54 Å². The Labute approximate surface area is 111 Å². The van der Waals surface area contributed by atoms with Gasteiger partial charge in [-0.15, -0.1) is 0 Å². The predicted molar refractivity (Wildman–Crippen MR) is 72.1 cm³/mol. The van der Waals surface area contributed by atoms with Gasteiger partial charge in [-0.05, 0) is 43.1 Å². The van der Waals surface area contributed by atoms with Crippen molar-refractivity contribution in [2.24, 2.45) is 5.73 Å². The molecule has 1 aromatic rings. The minimum absolute atomic E-state index is 0.0579. The molecule has 0 radical (unpaired) electrons. The molecule has 0 bridgehead atoms. The Morgan fingerprint density at radius 1 is 1.65 bits per heavy atom. The number of nitrogens with zero attached hydrogens (tertiary/aromatic N) is 2. The van der Waals surface area contributed by atoms with Gasteiger partial charge in [0.1, 0.15) is 5.69 Å². The minimum Gasteiger partial charge on any atom is -0.319 e. The molecule has 2 N–H and O–H groups in total. The van der Waals surface area contributed by atoms with Crippen molar-refractivity contribution in [3.05, 3.63) is 16.4 Å². The summed E-state index contributed by atoms with van der Waals surface area (Å²) >= 11 is 3.37. The molecule has 1 aromatic heterocycles. The number of nitrogens with two attached hydrogens (primary N) is 1. The summed E-state index contributed by atoms with van der Waals surface area (Å²) in [5.74, 6) is -0.0579. The summed E-state index contributed by atoms with van der Waals surface area (Å²) < 4.78 is 2.43. The number of hydrogen-bond acceptors (Lipinski definition) is 3. The van der Waals surface area contributed by atoms with Gasteiger partial charge >= 0.3 is 0 Å². The van der Waals surface area contributed by atoms with E-state index in [9.17, 15) is 4.79 Å². The van der Waals surface area contributed by atoms with Crippen LogP contribution in [0.3, 0.4) is 0 Å². The molecule has 0 aliphatic rings. The van der Waals surface area contributed by atoms with Crippen LogP contribution < -0.4 is 5.73 Å². The van der Waals surface area contributed by atoms with E-state index >= 15 is 0 Å². The van der Waals surface area contributed by atoms with Crippen LogP contribution in [0.5, 0.6) is 0 Å². The fourth-order valence-electron chi connectivity index (χ4n) is 1.85. The van der Waals surface area contributed by atoms with E-state index in [0.29, 0.717) is 16.6 Å². The molecule has 1 heterocycles. The van der Waals surface area contributed by atoms with Crippen LogP contribution in [0.1, 0.15) is 57.1 Å². The first kappa shape index (κ1) is 14.4. The Bertz CT molecular complexity index is 410. The fraction of sp³-hybridized carbons (Fsp3) is 0.667. The maximum atomic E-state index is 12.4. The molecule has 0 aliphatic carbocycles. The summed E-state index contributed by atoms with van der Waals surface area (Å²) in [6.07, 6.45) is 3.20. The standard InChI is InChI=1S/C12H20BrN3O/c1-5-6-12(4,14)11(17)10-9(13)7-15-16(10)8(2)3/h7-8H,5-6,14H2,1-4H3. The number of carbonyl (C=O) groups excluding carboxylic acids is 1. The average molecular weight is 302 g/mol. The maximum absolute atomic E-state index is 12.4. The van der Waals surface area contributed by atoms with Crippen LogP contribution >= 0.6 is 15.9 Å². The van der Waals surface area contributed by atoms with E-state index in [0.717, 1.165) is 6.42 Å². The smallest absolute Gasteiger partial charge is 0.201 e. The number of Topliss-reactive ketones (excluding diaryl/α,β-unsaturated/α-hetero) is 1. The van der Waals surface area contributed by atoms with Crippen molar-refractivity contribution in [2.75, 3.05) is 0 Å². The van der Waals surface area contributed by atoms with Crippen molar-refractivity contribution >= 4 is 21.7 Å². The number of carbonyl (C=O) groups is 1. The van der Waals surface area contributed by atoms with Crippen molar-refractivity contribution in [3.8, 4) is 0 Å². The second kappa shape index (κ2) is 5.31. The molecule has 0 spiro atoms. The Balaban J connectivity index is 3.16. The Hall–Kier alpha value is -0.680. The molecule has 4 nitrogen and oxygen atoms in total. The molecule has 1 atom stereocenters. The second-order valence-electron chi connectivity index (χ2n) is 4.88. The summed E-state index contributed by atoms with van der Waals surface area (Å²) in [4.78, 5) is 12.4. The van der Waals surface area contributed by atoms with Gasteiger partial charge < -0.3 is 5.73 Å². The Morgan fingerprint density at radius 2 is 2.24 bits per heavy atom. The molecule has 96 valence electrons. The summed E-state index contributed by atoms with van der Waals surface area (Å²) in [7, 11) is 0. The lowest BCUT2D eigenvalue weighted by Crippen LogP contribution is -2.45. The highest BCUT2D eigenvalue weighted by atomic mass is 79.9. The van der Waals surface area contributed by atoms with Crippen LogP contribution in [0, 0.1) is 0 Å². The molecule has 0 saturated carbocycles. The highest BCUT2D eigenvalue weighted by Gasteiger charge is 2.32. The molecule has 0 aliphatic heterocycles. The SMILES string of the molecule is CCCC(C)(N)C(=O)c1c(Br)cnn1C(C)C. The molecule has 0 aromatic carbocycles. The molecule has 0 fully saturated rings. The van der Waals surface area contributed by atoms with E-state index in [2.05, 4.69) is 21.0 Å². The largest absolute Gasteiger partial charge is 0.319 e. The van der Waals surface area contributed by atoms with Crippen LogP contribution in [-0.4, -0.2) is 21.1 Å². The van der Waals surface area contributed by atoms with Crippen molar-refractivity contribution in [1.82, 2.24) is 9.78 Å². The van der Waals surface area contributed by atoms with Gasteiger partial charge in [0, 0.05) is 6.04 Å². The molecule has 1 unspecified atom stereocenters. The van der Waals surface area contributed by atoms with E-state index in [1.807, 2.05) is 20.8 Å². The van der Waals surface area contributed by atoms with Gasteiger partial charge in [-0.25, -0.2) is 0 Å². The molecule has 17 heavy (non-hydrogen) atoms. The average Bonchev–Trinajstić information content (AvgIpc) is 2.58. The molecule has 1 rings (SSSR count). The predicted octanol–water partition coefficient (Wildman–Crippen LogP) is 2.93. The van der Waals surface area contributed by atoms with Gasteiger partial charge in [0.25, 0.3) is 0 Å². The van der Waals surface area contributed by atoms with Crippen molar-refractivity contribution in [1.29, 1.82) is 0 Å². The lowest BCUT2D eigenvalue weighted by molar-refractivity contribution is 0.0879. The summed E-state index contributed by atoms with van der Waals surface area (Å²) in [6.45, 7) is 7.78. The lowest BCUT2D eigenvalue weighted by Gasteiger charge is -2.23. The highest BCUT2D eigenvalue weighted by molar-refractivity contribution is 9.10. The Morgan fingerprint density at radius 3 is 2.71 bits per heavy atom. The van der Waals surface area contributed by atoms with Crippen LogP contribution in [-0.2, 0) is 0 Å². The van der Waals surface area contributed by atoms with Gasteiger partial charge in [0.2, 0.25) is 5.78 Å². The van der Waals surface area contributed by atoms with Gasteiger partial charge in [0.15, 0.2) is 0 Å². The summed E-state index contributed by atoms with van der Waals surface area (Å²) in [5, 5.41) is 4.20. The molecule has 5 heteroatoms. The fourth-order valence-corrected chi connectivity index (χ4v) is 2.30. The van der Waals surface area contributed by atoms with Gasteiger partial charge in [0.05, 0.1) is 16.2 Å². The summed E-state index contributed by atoms with van der Waals surface area (Å²) in [5.41, 5.74) is 5.83. The van der Waals surface area contributed by atoms with Crippen molar-refractivity contribution in [2.45, 2.75) is 52.1 Å². The normalized spacial score (nSPS) is 15.0. The van der Waals surface area contributed by atoms with Crippen LogP contribution in [0.2, 0.25) is 0 Å². The van der Waals surface area contributed by atoms with Crippen molar-refractivity contribution in [3.63, 3.8) is 0 Å². The Kier molecular flexibility index (Phi) is 4.49. The third-order valence-electron chi connectivity index (χ3n) is 2.74. The molecular weight excluding hydrogens is 282 g/mol. The zero-order valence-corrected chi connectivity index (χ0v) is 12.4. The zero-order chi connectivity index (χ0) is 13.2. The van der Waals surface area contributed by atoms with Crippen molar-refractivity contribution < 1.29 is 4.79 Å². The third-order valence-corrected chi connectivity index (χ3v) is 3.32. The highest BCUT2D eigenvalue weighted by Crippen LogP contribution is 2.25. The molecular formula is C12H20BrN3O. The third kappa shape index (κ3) is 2.96. The number of rotatable bonds is 5. The van der Waals surface area contributed by atoms with E-state index in [1.165, 1.54) is 0 Å². The first-order valence-corrected chi connectivity index (χ1v) is 6.67. The van der Waals surface area contributed by atoms with Gasteiger partial charge in [-0.3, -0.25) is 9.48 Å². The number of ketones is 1. The van der Waals surface area contributed by atoms with E-state index in [1.54, 1.807) is 17.8 Å². The van der Waals surface area contributed by atoms with Crippen LogP contribution in [0.4, 0.5) is 0 Å². The monoisotopic (exact) mass is 301 g/mol. The summed E-state index contributed by atoms with van der Waals surface area (Å²) in [6, 6.07) is 0.137. The van der Waals surface area contributed by atoms with Gasteiger partial charge in [-0.2, -0.15) is 5.10 Å². The van der Waals surface area contributed by atoms with E-state index in [-0.39, 0.29) is 11.8 Å². The number of aromatic nitrogens is 2. The minimum atomic E-state index is -0.829. The van der Waals surface area contributed by atoms with E-state index in [4.69, 9.17) is 5.73 Å².